The lowest BCUT2D eigenvalue weighted by Gasteiger charge is -2.18. The topological polar surface area (TPSA) is 108 Å². The van der Waals surface area contributed by atoms with Crippen LogP contribution in [0.5, 0.6) is 17.2 Å². The van der Waals surface area contributed by atoms with Crippen LogP contribution < -0.4 is 30.2 Å². The van der Waals surface area contributed by atoms with E-state index in [2.05, 4.69) is 25.2 Å². The molecule has 0 aliphatic carbocycles. The molecule has 29 heavy (non-hydrogen) atoms. The van der Waals surface area contributed by atoms with Gasteiger partial charge in [0.2, 0.25) is 17.6 Å². The van der Waals surface area contributed by atoms with E-state index < -0.39 is 0 Å². The Kier molecular flexibility index (Phi) is 4.94. The number of methoxy groups -OCH3 is 3. The van der Waals surface area contributed by atoms with Crippen LogP contribution in [-0.2, 0) is 6.42 Å². The van der Waals surface area contributed by atoms with Gasteiger partial charge in [-0.2, -0.15) is 4.98 Å². The van der Waals surface area contributed by atoms with Crippen LogP contribution in [0.3, 0.4) is 0 Å². The van der Waals surface area contributed by atoms with Gasteiger partial charge in [0, 0.05) is 35.7 Å². The fourth-order valence-corrected chi connectivity index (χ4v) is 3.39. The highest BCUT2D eigenvalue weighted by atomic mass is 16.5. The van der Waals surface area contributed by atoms with Crippen molar-refractivity contribution in [1.29, 1.82) is 0 Å². The number of nitrogen functional groups attached to an aromatic ring is 1. The number of nitrogens with one attached hydrogen (secondary N) is 1. The summed E-state index contributed by atoms with van der Waals surface area (Å²) >= 11 is 0. The van der Waals surface area contributed by atoms with Crippen molar-refractivity contribution in [2.24, 2.45) is 0 Å². The molecule has 0 fully saturated rings. The largest absolute Gasteiger partial charge is 0.493 e. The molecule has 1 aliphatic rings. The van der Waals surface area contributed by atoms with E-state index in [9.17, 15) is 0 Å². The minimum atomic E-state index is 0.410. The number of ether oxygens (including phenoxy) is 3. The maximum absolute atomic E-state index is 5.89. The zero-order valence-electron chi connectivity index (χ0n) is 16.5. The summed E-state index contributed by atoms with van der Waals surface area (Å²) in [5.74, 6) is 2.57. The van der Waals surface area contributed by atoms with E-state index >= 15 is 0 Å². The van der Waals surface area contributed by atoms with Gasteiger partial charge in [0.05, 0.1) is 21.3 Å². The van der Waals surface area contributed by atoms with Crippen LogP contribution in [0, 0.1) is 0 Å². The summed E-state index contributed by atoms with van der Waals surface area (Å²) in [5, 5.41) is 3.18. The number of hydrogen-bond donors (Lipinski definition) is 2. The zero-order chi connectivity index (χ0) is 20.4. The lowest BCUT2D eigenvalue weighted by atomic mass is 10.1. The molecule has 9 heteroatoms. The summed E-state index contributed by atoms with van der Waals surface area (Å²) in [6, 6.07) is 9.45. The van der Waals surface area contributed by atoms with Crippen LogP contribution in [0.1, 0.15) is 5.56 Å². The second-order valence-corrected chi connectivity index (χ2v) is 6.44. The molecule has 4 rings (SSSR count). The molecule has 2 aromatic carbocycles. The summed E-state index contributed by atoms with van der Waals surface area (Å²) in [6.45, 7) is 0.784. The Bertz CT molecular complexity index is 1020. The average molecular weight is 394 g/mol. The number of nitrogens with two attached hydrogens (primary N) is 1. The van der Waals surface area contributed by atoms with E-state index in [4.69, 9.17) is 19.9 Å². The van der Waals surface area contributed by atoms with Crippen LogP contribution in [0.15, 0.2) is 36.7 Å². The van der Waals surface area contributed by atoms with Crippen molar-refractivity contribution in [3.05, 3.63) is 42.2 Å². The van der Waals surface area contributed by atoms with Gasteiger partial charge in [-0.15, -0.1) is 0 Å². The van der Waals surface area contributed by atoms with Crippen LogP contribution in [0.25, 0.3) is 0 Å². The predicted octanol–water partition coefficient (Wildman–Crippen LogP) is 2.92. The van der Waals surface area contributed by atoms with Gasteiger partial charge in [0.25, 0.3) is 0 Å². The molecule has 0 bridgehead atoms. The van der Waals surface area contributed by atoms with Crippen molar-refractivity contribution >= 4 is 29.0 Å². The Morgan fingerprint density at radius 1 is 1.00 bits per heavy atom. The van der Waals surface area contributed by atoms with Gasteiger partial charge < -0.3 is 30.2 Å². The molecule has 3 N–H and O–H groups in total. The first-order valence-corrected chi connectivity index (χ1v) is 9.05. The SMILES string of the molecule is COc1cc(Nc2ncnc(N3CCc4cc(N)ccc43)n2)cc(OC)c1OC. The summed E-state index contributed by atoms with van der Waals surface area (Å²) in [5.41, 5.74) is 9.59. The second kappa shape index (κ2) is 7.70. The van der Waals surface area contributed by atoms with Crippen molar-refractivity contribution in [2.45, 2.75) is 6.42 Å². The van der Waals surface area contributed by atoms with E-state index in [0.29, 0.717) is 34.8 Å². The first-order chi connectivity index (χ1) is 14.1. The molecule has 1 aromatic heterocycles. The fourth-order valence-electron chi connectivity index (χ4n) is 3.39. The van der Waals surface area contributed by atoms with Crippen LogP contribution in [0.2, 0.25) is 0 Å². The molecule has 9 nitrogen and oxygen atoms in total. The molecule has 1 aliphatic heterocycles. The number of aromatic nitrogens is 3. The lowest BCUT2D eigenvalue weighted by Crippen LogP contribution is -2.17. The highest BCUT2D eigenvalue weighted by Gasteiger charge is 2.23. The second-order valence-electron chi connectivity index (χ2n) is 6.44. The molecule has 0 saturated carbocycles. The van der Waals surface area contributed by atoms with E-state index in [0.717, 1.165) is 24.3 Å². The smallest absolute Gasteiger partial charge is 0.234 e. The van der Waals surface area contributed by atoms with Crippen molar-refractivity contribution < 1.29 is 14.2 Å². The van der Waals surface area contributed by atoms with E-state index in [1.807, 2.05) is 18.2 Å². The summed E-state index contributed by atoms with van der Waals surface area (Å²) in [4.78, 5) is 15.2. The van der Waals surface area contributed by atoms with Gasteiger partial charge in [0.15, 0.2) is 11.5 Å². The van der Waals surface area contributed by atoms with Crippen LogP contribution in [0.4, 0.5) is 29.0 Å². The molecule has 0 unspecified atom stereocenters. The number of anilines is 5. The van der Waals surface area contributed by atoms with Gasteiger partial charge >= 0.3 is 0 Å². The van der Waals surface area contributed by atoms with Gasteiger partial charge in [-0.25, -0.2) is 9.97 Å². The standard InChI is InChI=1S/C20H22N6O3/c1-27-16-9-14(10-17(28-2)18(16)29-3)24-19-22-11-23-20(25-19)26-7-6-12-8-13(21)4-5-15(12)26/h4-5,8-11H,6-7,21H2,1-3H3,(H,22,23,24,25). The molecule has 0 radical (unpaired) electrons. The summed E-state index contributed by atoms with van der Waals surface area (Å²) in [7, 11) is 4.70. The summed E-state index contributed by atoms with van der Waals surface area (Å²) in [6.07, 6.45) is 2.37. The highest BCUT2D eigenvalue weighted by molar-refractivity contribution is 5.70. The monoisotopic (exact) mass is 394 g/mol. The first kappa shape index (κ1) is 18.6. The van der Waals surface area contributed by atoms with Gasteiger partial charge in [-0.3, -0.25) is 0 Å². The lowest BCUT2D eigenvalue weighted by molar-refractivity contribution is 0.324. The number of fused-ring (bicyclic) bond motifs is 1. The minimum absolute atomic E-state index is 0.410. The summed E-state index contributed by atoms with van der Waals surface area (Å²) < 4.78 is 16.1. The van der Waals surface area contributed by atoms with E-state index in [1.54, 1.807) is 33.5 Å². The molecule has 3 aromatic rings. The number of nitrogens with zero attached hydrogens (tertiary/aromatic N) is 4. The van der Waals surface area contributed by atoms with Crippen LogP contribution >= 0.6 is 0 Å². The van der Waals surface area contributed by atoms with E-state index in [-0.39, 0.29) is 0 Å². The molecular formula is C20H22N6O3. The molecule has 0 spiro atoms. The molecule has 0 atom stereocenters. The van der Waals surface area contributed by atoms with Gasteiger partial charge in [-0.1, -0.05) is 0 Å². The highest BCUT2D eigenvalue weighted by Crippen LogP contribution is 2.40. The Hall–Kier alpha value is -3.75. The van der Waals surface area contributed by atoms with Crippen molar-refractivity contribution in [3.8, 4) is 17.2 Å². The number of hydrogen-bond acceptors (Lipinski definition) is 9. The normalized spacial score (nSPS) is 12.4. The van der Waals surface area contributed by atoms with Gasteiger partial charge in [-0.05, 0) is 30.2 Å². The van der Waals surface area contributed by atoms with Gasteiger partial charge in [0.1, 0.15) is 6.33 Å². The van der Waals surface area contributed by atoms with Crippen molar-refractivity contribution in [2.75, 3.05) is 43.8 Å². The third-order valence-corrected chi connectivity index (χ3v) is 4.72. The number of rotatable bonds is 6. The maximum Gasteiger partial charge on any atom is 0.234 e. The van der Waals surface area contributed by atoms with E-state index in [1.165, 1.54) is 11.9 Å². The predicted molar refractivity (Wildman–Crippen MR) is 111 cm³/mol. The minimum Gasteiger partial charge on any atom is -0.493 e. The average Bonchev–Trinajstić information content (AvgIpc) is 3.16. The fraction of sp³-hybridized carbons (Fsp3) is 0.250. The third kappa shape index (κ3) is 3.54. The van der Waals surface area contributed by atoms with Crippen molar-refractivity contribution in [3.63, 3.8) is 0 Å². The molecule has 0 amide bonds. The zero-order valence-corrected chi connectivity index (χ0v) is 16.5. The molecular weight excluding hydrogens is 372 g/mol. The molecule has 150 valence electrons. The Morgan fingerprint density at radius 2 is 1.76 bits per heavy atom. The van der Waals surface area contributed by atoms with Crippen molar-refractivity contribution in [1.82, 2.24) is 15.0 Å². The Labute approximate surface area is 168 Å². The Morgan fingerprint density at radius 3 is 2.45 bits per heavy atom. The Balaban J connectivity index is 1.63. The third-order valence-electron chi connectivity index (χ3n) is 4.72. The number of benzene rings is 2. The van der Waals surface area contributed by atoms with Crippen LogP contribution in [-0.4, -0.2) is 42.8 Å². The molecule has 0 saturated heterocycles. The quantitative estimate of drug-likeness (QED) is 0.610. The maximum atomic E-state index is 5.89. The molecule has 2 heterocycles. The first-order valence-electron chi connectivity index (χ1n) is 9.05.